The van der Waals surface area contributed by atoms with Crippen molar-refractivity contribution in [2.75, 3.05) is 30.0 Å². The standard InChI is InChI=1S/C11H16N2O2S/c1-8-6-12-9-4-3-5-10(16(2,14)15)11(9)13-7-8/h3-5,8,12-13H,6-7H2,1-2H3. The molecular weight excluding hydrogens is 224 g/mol. The number of rotatable bonds is 1. The molecule has 16 heavy (non-hydrogen) atoms. The third-order valence-corrected chi connectivity index (χ3v) is 3.83. The van der Waals surface area contributed by atoms with E-state index in [9.17, 15) is 8.42 Å². The van der Waals surface area contributed by atoms with Crippen LogP contribution in [0.1, 0.15) is 6.92 Å². The maximum atomic E-state index is 11.6. The fraction of sp³-hybridized carbons (Fsp3) is 0.455. The number of hydrogen-bond donors (Lipinski definition) is 2. The second-order valence-corrected chi connectivity index (χ2v) is 6.30. The Morgan fingerprint density at radius 1 is 1.25 bits per heavy atom. The molecule has 2 N–H and O–H groups in total. The quantitative estimate of drug-likeness (QED) is 0.782. The van der Waals surface area contributed by atoms with Crippen molar-refractivity contribution in [3.8, 4) is 0 Å². The zero-order valence-electron chi connectivity index (χ0n) is 9.45. The van der Waals surface area contributed by atoms with Crippen LogP contribution in [0.2, 0.25) is 0 Å². The molecule has 0 aromatic heterocycles. The van der Waals surface area contributed by atoms with Crippen molar-refractivity contribution in [1.82, 2.24) is 0 Å². The van der Waals surface area contributed by atoms with Crippen molar-refractivity contribution >= 4 is 21.2 Å². The molecule has 0 radical (unpaired) electrons. The minimum absolute atomic E-state index is 0.367. The molecule has 1 aromatic carbocycles. The average molecular weight is 240 g/mol. The second-order valence-electron chi connectivity index (χ2n) is 4.32. The van der Waals surface area contributed by atoms with Gasteiger partial charge in [0, 0.05) is 19.3 Å². The van der Waals surface area contributed by atoms with E-state index in [2.05, 4.69) is 17.6 Å². The Bertz CT molecular complexity index is 497. The van der Waals surface area contributed by atoms with Crippen LogP contribution >= 0.6 is 0 Å². The molecule has 1 aliphatic heterocycles. The number of fused-ring (bicyclic) bond motifs is 1. The van der Waals surface area contributed by atoms with Gasteiger partial charge < -0.3 is 10.6 Å². The first-order valence-corrected chi connectivity index (χ1v) is 7.18. The van der Waals surface area contributed by atoms with E-state index >= 15 is 0 Å². The molecule has 1 aliphatic rings. The zero-order valence-corrected chi connectivity index (χ0v) is 10.3. The Balaban J connectivity index is 2.52. The molecule has 88 valence electrons. The van der Waals surface area contributed by atoms with E-state index < -0.39 is 9.84 Å². The first kappa shape index (κ1) is 11.3. The van der Waals surface area contributed by atoms with E-state index in [4.69, 9.17) is 0 Å². The van der Waals surface area contributed by atoms with Crippen molar-refractivity contribution < 1.29 is 8.42 Å². The molecule has 1 unspecified atom stereocenters. The van der Waals surface area contributed by atoms with Gasteiger partial charge in [0.1, 0.15) is 0 Å². The number of anilines is 2. The van der Waals surface area contributed by atoms with Crippen molar-refractivity contribution in [1.29, 1.82) is 0 Å². The first-order chi connectivity index (χ1) is 7.48. The van der Waals surface area contributed by atoms with Crippen LogP contribution in [0.25, 0.3) is 0 Å². The lowest BCUT2D eigenvalue weighted by atomic mass is 10.2. The van der Waals surface area contributed by atoms with E-state index in [1.807, 2.05) is 6.07 Å². The molecule has 4 nitrogen and oxygen atoms in total. The Morgan fingerprint density at radius 3 is 2.62 bits per heavy atom. The van der Waals surface area contributed by atoms with Crippen molar-refractivity contribution in [3.63, 3.8) is 0 Å². The summed E-state index contributed by atoms with van der Waals surface area (Å²) >= 11 is 0. The molecule has 0 saturated heterocycles. The molecule has 2 rings (SSSR count). The Hall–Kier alpha value is -1.23. The van der Waals surface area contributed by atoms with Crippen molar-refractivity contribution in [2.24, 2.45) is 5.92 Å². The van der Waals surface area contributed by atoms with Crippen LogP contribution in [-0.2, 0) is 9.84 Å². The van der Waals surface area contributed by atoms with Gasteiger partial charge >= 0.3 is 0 Å². The van der Waals surface area contributed by atoms with E-state index in [1.54, 1.807) is 12.1 Å². The van der Waals surface area contributed by atoms with E-state index in [1.165, 1.54) is 6.26 Å². The number of sulfone groups is 1. The maximum absolute atomic E-state index is 11.6. The van der Waals surface area contributed by atoms with Gasteiger partial charge in [0.2, 0.25) is 0 Å². The molecule has 5 heteroatoms. The summed E-state index contributed by atoms with van der Waals surface area (Å²) in [7, 11) is -3.18. The number of benzene rings is 1. The lowest BCUT2D eigenvalue weighted by molar-refractivity contribution is 0.602. The average Bonchev–Trinajstić information content (AvgIpc) is 2.39. The molecule has 0 bridgehead atoms. The van der Waals surface area contributed by atoms with Crippen LogP contribution in [0.3, 0.4) is 0 Å². The predicted molar refractivity (Wildman–Crippen MR) is 65.7 cm³/mol. The van der Waals surface area contributed by atoms with E-state index in [-0.39, 0.29) is 0 Å². The number of hydrogen-bond acceptors (Lipinski definition) is 4. The number of para-hydroxylation sites is 1. The molecule has 0 fully saturated rings. The highest BCUT2D eigenvalue weighted by atomic mass is 32.2. The minimum atomic E-state index is -3.18. The fourth-order valence-electron chi connectivity index (χ4n) is 1.80. The van der Waals surface area contributed by atoms with E-state index in [0.717, 1.165) is 18.8 Å². The summed E-state index contributed by atoms with van der Waals surface area (Å²) in [5.74, 6) is 0.472. The Morgan fingerprint density at radius 2 is 1.94 bits per heavy atom. The third kappa shape index (κ3) is 2.14. The molecule has 0 saturated carbocycles. The van der Waals surface area contributed by atoms with Gasteiger partial charge in [-0.15, -0.1) is 0 Å². The van der Waals surface area contributed by atoms with Crippen LogP contribution in [0.4, 0.5) is 11.4 Å². The van der Waals surface area contributed by atoms with Gasteiger partial charge in [0.05, 0.1) is 16.3 Å². The molecule has 0 aliphatic carbocycles. The van der Waals surface area contributed by atoms with E-state index in [0.29, 0.717) is 16.5 Å². The third-order valence-electron chi connectivity index (χ3n) is 2.69. The van der Waals surface area contributed by atoms with Gasteiger partial charge in [-0.2, -0.15) is 0 Å². The summed E-state index contributed by atoms with van der Waals surface area (Å²) in [4.78, 5) is 0.367. The SMILES string of the molecule is CC1CNc2cccc(S(C)(=O)=O)c2NC1. The van der Waals surface area contributed by atoms with Gasteiger partial charge in [0.25, 0.3) is 0 Å². The lowest BCUT2D eigenvalue weighted by Gasteiger charge is -2.12. The Kier molecular flexibility index (Phi) is 2.80. The summed E-state index contributed by atoms with van der Waals surface area (Å²) in [5.41, 5.74) is 1.57. The highest BCUT2D eigenvalue weighted by Crippen LogP contribution is 2.31. The summed E-state index contributed by atoms with van der Waals surface area (Å²) in [5, 5.41) is 6.47. The van der Waals surface area contributed by atoms with Crippen LogP contribution in [0.15, 0.2) is 23.1 Å². The molecule has 1 heterocycles. The minimum Gasteiger partial charge on any atom is -0.383 e. The molecule has 1 aromatic rings. The smallest absolute Gasteiger partial charge is 0.177 e. The lowest BCUT2D eigenvalue weighted by Crippen LogP contribution is -2.15. The second kappa shape index (κ2) is 3.97. The molecule has 1 atom stereocenters. The monoisotopic (exact) mass is 240 g/mol. The van der Waals surface area contributed by atoms with Gasteiger partial charge in [-0.05, 0) is 18.1 Å². The zero-order chi connectivity index (χ0) is 11.8. The largest absolute Gasteiger partial charge is 0.383 e. The number of nitrogens with one attached hydrogen (secondary N) is 2. The highest BCUT2D eigenvalue weighted by Gasteiger charge is 2.19. The Labute approximate surface area is 96.0 Å². The van der Waals surface area contributed by atoms with Gasteiger partial charge in [0.15, 0.2) is 9.84 Å². The molecular formula is C11H16N2O2S. The van der Waals surface area contributed by atoms with Crippen LogP contribution in [0, 0.1) is 5.92 Å². The fourth-order valence-corrected chi connectivity index (χ4v) is 2.68. The van der Waals surface area contributed by atoms with Crippen molar-refractivity contribution in [3.05, 3.63) is 18.2 Å². The van der Waals surface area contributed by atoms with Crippen LogP contribution in [-0.4, -0.2) is 27.8 Å². The van der Waals surface area contributed by atoms with Crippen LogP contribution in [0.5, 0.6) is 0 Å². The normalized spacial score (nSPS) is 20.2. The predicted octanol–water partition coefficient (Wildman–Crippen LogP) is 1.56. The topological polar surface area (TPSA) is 58.2 Å². The van der Waals surface area contributed by atoms with Gasteiger partial charge in [-0.1, -0.05) is 13.0 Å². The highest BCUT2D eigenvalue weighted by molar-refractivity contribution is 7.90. The first-order valence-electron chi connectivity index (χ1n) is 5.29. The van der Waals surface area contributed by atoms with Gasteiger partial charge in [-0.3, -0.25) is 0 Å². The molecule has 0 spiro atoms. The van der Waals surface area contributed by atoms with Gasteiger partial charge in [-0.25, -0.2) is 8.42 Å². The summed E-state index contributed by atoms with van der Waals surface area (Å²) in [6.45, 7) is 3.76. The van der Waals surface area contributed by atoms with Crippen LogP contribution < -0.4 is 10.6 Å². The summed E-state index contributed by atoms with van der Waals surface area (Å²) in [6, 6.07) is 5.30. The van der Waals surface area contributed by atoms with Crippen molar-refractivity contribution in [2.45, 2.75) is 11.8 Å². The summed E-state index contributed by atoms with van der Waals surface area (Å²) in [6.07, 6.45) is 1.23. The summed E-state index contributed by atoms with van der Waals surface area (Å²) < 4.78 is 23.3. The molecule has 0 amide bonds. The maximum Gasteiger partial charge on any atom is 0.177 e.